The number of Topliss-reactive ketones (excluding diaryl/α,β-unsaturated/α-hetero) is 1. The van der Waals surface area contributed by atoms with Gasteiger partial charge in [0.05, 0.1) is 5.41 Å². The highest BCUT2D eigenvalue weighted by atomic mass is 16.5. The van der Waals surface area contributed by atoms with Crippen LogP contribution >= 0.6 is 0 Å². The molecule has 1 unspecified atom stereocenters. The zero-order valence-electron chi connectivity index (χ0n) is 17.5. The Morgan fingerprint density at radius 3 is 2.12 bits per heavy atom. The van der Waals surface area contributed by atoms with Crippen LogP contribution in [0.3, 0.4) is 0 Å². The van der Waals surface area contributed by atoms with Crippen molar-refractivity contribution in [3.8, 4) is 0 Å². The van der Waals surface area contributed by atoms with Gasteiger partial charge < -0.3 is 4.74 Å². The van der Waals surface area contributed by atoms with Crippen molar-refractivity contribution in [2.45, 2.75) is 91.9 Å². The van der Waals surface area contributed by atoms with E-state index in [2.05, 4.69) is 52.0 Å². The molecular weight excluding hydrogens is 308 g/mol. The van der Waals surface area contributed by atoms with Crippen LogP contribution in [0.25, 0.3) is 0 Å². The summed E-state index contributed by atoms with van der Waals surface area (Å²) in [6, 6.07) is 8.55. The van der Waals surface area contributed by atoms with E-state index in [4.69, 9.17) is 4.74 Å². The number of carbonyl (C=O) groups excluding carboxylic acids is 1. The van der Waals surface area contributed by atoms with Crippen LogP contribution in [0.1, 0.15) is 90.7 Å². The molecular formula is C23H40O2. The van der Waals surface area contributed by atoms with E-state index in [1.54, 1.807) is 0 Å². The third kappa shape index (κ3) is 7.73. The van der Waals surface area contributed by atoms with Gasteiger partial charge in [0.15, 0.2) is 0 Å². The minimum atomic E-state index is -0.299. The maximum Gasteiger partial charge on any atom is 0.143 e. The van der Waals surface area contributed by atoms with Crippen molar-refractivity contribution in [2.24, 2.45) is 0 Å². The Balaban J connectivity index is 0.00000277. The molecule has 0 aromatic heterocycles. The molecule has 2 heteroatoms. The smallest absolute Gasteiger partial charge is 0.143 e. The lowest BCUT2D eigenvalue weighted by Gasteiger charge is -2.32. The molecule has 0 fully saturated rings. The molecule has 0 heterocycles. The molecule has 1 aromatic rings. The number of hydrogen-bond acceptors (Lipinski definition) is 2. The highest BCUT2D eigenvalue weighted by Gasteiger charge is 2.36. The Morgan fingerprint density at radius 2 is 1.60 bits per heavy atom. The predicted octanol–water partition coefficient (Wildman–Crippen LogP) is 6.64. The van der Waals surface area contributed by atoms with E-state index in [0.29, 0.717) is 12.2 Å². The summed E-state index contributed by atoms with van der Waals surface area (Å²) in [7, 11) is 0. The molecule has 1 atom stereocenters. The second-order valence-electron chi connectivity index (χ2n) is 6.54. The number of carbonyl (C=O) groups is 1. The van der Waals surface area contributed by atoms with Crippen LogP contribution < -0.4 is 0 Å². The van der Waals surface area contributed by atoms with Crippen LogP contribution in [0.4, 0.5) is 0 Å². The molecule has 2 nitrogen and oxygen atoms in total. The van der Waals surface area contributed by atoms with Gasteiger partial charge in [0.1, 0.15) is 5.78 Å². The molecule has 0 amide bonds. The lowest BCUT2D eigenvalue weighted by molar-refractivity contribution is -0.125. The Hall–Kier alpha value is -1.15. The Morgan fingerprint density at radius 1 is 0.960 bits per heavy atom. The molecule has 1 aromatic carbocycles. The van der Waals surface area contributed by atoms with E-state index in [-0.39, 0.29) is 5.41 Å². The Labute approximate surface area is 156 Å². The van der Waals surface area contributed by atoms with Crippen molar-refractivity contribution in [3.63, 3.8) is 0 Å². The van der Waals surface area contributed by atoms with Crippen LogP contribution in [-0.4, -0.2) is 19.0 Å². The standard InChI is InChI=1S/C21H34O2.C2H6/c1-5-15-21(7-3,19-13-11-18(4)12-14-19)20(22)10-8-9-17-23-16-6-2;1-2/h11-14H,5-10,15-17H2,1-4H3;1-2H3. The molecule has 144 valence electrons. The summed E-state index contributed by atoms with van der Waals surface area (Å²) < 4.78 is 5.51. The highest BCUT2D eigenvalue weighted by Crippen LogP contribution is 2.35. The number of rotatable bonds is 12. The number of hydrogen-bond donors (Lipinski definition) is 0. The lowest BCUT2D eigenvalue weighted by atomic mass is 9.70. The zero-order chi connectivity index (χ0) is 19.1. The maximum atomic E-state index is 13.0. The number of ketones is 1. The third-order valence-electron chi connectivity index (χ3n) is 4.71. The van der Waals surface area contributed by atoms with Crippen molar-refractivity contribution < 1.29 is 9.53 Å². The fourth-order valence-electron chi connectivity index (χ4n) is 3.30. The highest BCUT2D eigenvalue weighted by molar-refractivity contribution is 5.90. The van der Waals surface area contributed by atoms with Gasteiger partial charge in [-0.2, -0.15) is 0 Å². The fourth-order valence-corrected chi connectivity index (χ4v) is 3.30. The van der Waals surface area contributed by atoms with Gasteiger partial charge >= 0.3 is 0 Å². The first-order chi connectivity index (χ1) is 12.1. The summed E-state index contributed by atoms with van der Waals surface area (Å²) in [5.74, 6) is 0.404. The molecule has 0 saturated carbocycles. The summed E-state index contributed by atoms with van der Waals surface area (Å²) in [6.45, 7) is 14.1. The molecule has 0 bridgehead atoms. The van der Waals surface area contributed by atoms with E-state index in [0.717, 1.165) is 51.7 Å². The molecule has 0 aliphatic rings. The average Bonchev–Trinajstić information content (AvgIpc) is 2.65. The molecule has 0 N–H and O–H groups in total. The van der Waals surface area contributed by atoms with Gasteiger partial charge in [-0.25, -0.2) is 0 Å². The van der Waals surface area contributed by atoms with E-state index in [1.165, 1.54) is 11.1 Å². The van der Waals surface area contributed by atoms with E-state index >= 15 is 0 Å². The van der Waals surface area contributed by atoms with E-state index < -0.39 is 0 Å². The Kier molecular flexibility index (Phi) is 13.4. The number of unbranched alkanes of at least 4 members (excludes halogenated alkanes) is 1. The van der Waals surface area contributed by atoms with Gasteiger partial charge in [-0.3, -0.25) is 4.79 Å². The lowest BCUT2D eigenvalue weighted by Crippen LogP contribution is -2.35. The summed E-state index contributed by atoms with van der Waals surface area (Å²) in [4.78, 5) is 13.0. The van der Waals surface area contributed by atoms with Crippen molar-refractivity contribution in [3.05, 3.63) is 35.4 Å². The Bertz CT molecular complexity index is 450. The van der Waals surface area contributed by atoms with Crippen LogP contribution in [-0.2, 0) is 14.9 Å². The molecule has 0 aliphatic carbocycles. The SMILES string of the molecule is CC.CCCOCCCCC(=O)C(CC)(CCC)c1ccc(C)cc1. The summed E-state index contributed by atoms with van der Waals surface area (Å²) >= 11 is 0. The van der Waals surface area contributed by atoms with Gasteiger partial charge in [0.2, 0.25) is 0 Å². The minimum absolute atomic E-state index is 0.299. The third-order valence-corrected chi connectivity index (χ3v) is 4.71. The van der Waals surface area contributed by atoms with Gasteiger partial charge in [0, 0.05) is 19.6 Å². The van der Waals surface area contributed by atoms with E-state index in [1.807, 2.05) is 13.8 Å². The second kappa shape index (κ2) is 14.1. The predicted molar refractivity (Wildman–Crippen MR) is 109 cm³/mol. The monoisotopic (exact) mass is 348 g/mol. The summed E-state index contributed by atoms with van der Waals surface area (Å²) in [5, 5.41) is 0. The number of aryl methyl sites for hydroxylation is 1. The van der Waals surface area contributed by atoms with Crippen LogP contribution in [0.15, 0.2) is 24.3 Å². The number of benzene rings is 1. The average molecular weight is 349 g/mol. The van der Waals surface area contributed by atoms with E-state index in [9.17, 15) is 4.79 Å². The van der Waals surface area contributed by atoms with Crippen LogP contribution in [0, 0.1) is 6.92 Å². The molecule has 0 aliphatic heterocycles. The molecule has 25 heavy (non-hydrogen) atoms. The van der Waals surface area contributed by atoms with Crippen LogP contribution in [0.2, 0.25) is 0 Å². The van der Waals surface area contributed by atoms with Gasteiger partial charge in [-0.15, -0.1) is 0 Å². The second-order valence-corrected chi connectivity index (χ2v) is 6.54. The van der Waals surface area contributed by atoms with Crippen molar-refractivity contribution in [1.82, 2.24) is 0 Å². The van der Waals surface area contributed by atoms with Crippen molar-refractivity contribution in [1.29, 1.82) is 0 Å². The minimum Gasteiger partial charge on any atom is -0.381 e. The van der Waals surface area contributed by atoms with Crippen molar-refractivity contribution in [2.75, 3.05) is 13.2 Å². The van der Waals surface area contributed by atoms with Gasteiger partial charge in [-0.05, 0) is 44.6 Å². The molecule has 0 spiro atoms. The maximum absolute atomic E-state index is 13.0. The fraction of sp³-hybridized carbons (Fsp3) is 0.696. The first kappa shape index (κ1) is 23.9. The van der Waals surface area contributed by atoms with Crippen molar-refractivity contribution >= 4 is 5.78 Å². The van der Waals surface area contributed by atoms with Gasteiger partial charge in [-0.1, -0.05) is 70.9 Å². The largest absolute Gasteiger partial charge is 0.381 e. The normalized spacial score (nSPS) is 12.9. The molecule has 1 rings (SSSR count). The van der Waals surface area contributed by atoms with Gasteiger partial charge in [0.25, 0.3) is 0 Å². The zero-order valence-corrected chi connectivity index (χ0v) is 17.5. The van der Waals surface area contributed by atoms with Crippen LogP contribution in [0.5, 0.6) is 0 Å². The topological polar surface area (TPSA) is 26.3 Å². The quantitative estimate of drug-likeness (QED) is 0.396. The first-order valence-electron chi connectivity index (χ1n) is 10.3. The summed E-state index contributed by atoms with van der Waals surface area (Å²) in [6.07, 6.45) is 6.49. The molecule has 0 radical (unpaired) electrons. The summed E-state index contributed by atoms with van der Waals surface area (Å²) in [5.41, 5.74) is 2.14. The number of ether oxygens (including phenoxy) is 1. The first-order valence-corrected chi connectivity index (χ1v) is 10.3. The molecule has 0 saturated heterocycles.